The van der Waals surface area contributed by atoms with E-state index in [1.54, 1.807) is 6.08 Å². The average molecular weight is 289 g/mol. The second-order valence-corrected chi connectivity index (χ2v) is 6.26. The minimum atomic E-state index is -0.460. The van der Waals surface area contributed by atoms with E-state index in [4.69, 9.17) is 9.47 Å². The molecule has 1 aliphatic rings. The zero-order valence-corrected chi connectivity index (χ0v) is 12.9. The summed E-state index contributed by atoms with van der Waals surface area (Å²) < 4.78 is 10.7. The number of ether oxygens (including phenoxy) is 2. The molecular formula is C17H23NO3. The van der Waals surface area contributed by atoms with Gasteiger partial charge >= 0.3 is 6.09 Å². The summed E-state index contributed by atoms with van der Waals surface area (Å²) in [6.07, 6.45) is 2.32. The normalized spacial score (nSPS) is 20.5. The lowest BCUT2D eigenvalue weighted by Gasteiger charge is -2.19. The van der Waals surface area contributed by atoms with E-state index in [0.29, 0.717) is 12.5 Å². The molecule has 0 spiro atoms. The predicted molar refractivity (Wildman–Crippen MR) is 82.6 cm³/mol. The van der Waals surface area contributed by atoms with Crippen LogP contribution in [0.3, 0.4) is 0 Å². The topological polar surface area (TPSA) is 47.6 Å². The molecule has 114 valence electrons. The van der Waals surface area contributed by atoms with Crippen molar-refractivity contribution in [3.63, 3.8) is 0 Å². The van der Waals surface area contributed by atoms with Crippen LogP contribution in [0.2, 0.25) is 0 Å². The molecule has 1 aliphatic carbocycles. The summed E-state index contributed by atoms with van der Waals surface area (Å²) in [6, 6.07) is 8.14. The van der Waals surface area contributed by atoms with E-state index in [-0.39, 0.29) is 12.1 Å². The van der Waals surface area contributed by atoms with E-state index in [1.807, 2.05) is 45.0 Å². The van der Waals surface area contributed by atoms with Gasteiger partial charge < -0.3 is 14.8 Å². The van der Waals surface area contributed by atoms with Crippen molar-refractivity contribution in [1.82, 2.24) is 5.32 Å². The Bertz CT molecular complexity index is 502. The Balaban J connectivity index is 1.83. The first-order valence-corrected chi connectivity index (χ1v) is 7.22. The zero-order chi connectivity index (χ0) is 15.5. The summed E-state index contributed by atoms with van der Waals surface area (Å²) in [6.45, 7) is 9.70. The molecule has 1 aromatic carbocycles. The van der Waals surface area contributed by atoms with Crippen LogP contribution in [0.15, 0.2) is 36.9 Å². The number of rotatable bonds is 5. The lowest BCUT2D eigenvalue weighted by molar-refractivity contribution is 0.0523. The molecule has 0 saturated heterocycles. The third-order valence-corrected chi connectivity index (χ3v) is 3.17. The Morgan fingerprint density at radius 1 is 1.38 bits per heavy atom. The van der Waals surface area contributed by atoms with Crippen molar-refractivity contribution in [1.29, 1.82) is 0 Å². The Labute approximate surface area is 126 Å². The van der Waals surface area contributed by atoms with Crippen LogP contribution in [0.5, 0.6) is 5.75 Å². The summed E-state index contributed by atoms with van der Waals surface area (Å²) in [5.41, 5.74) is 0.750. The van der Waals surface area contributed by atoms with E-state index >= 15 is 0 Å². The van der Waals surface area contributed by atoms with Gasteiger partial charge in [0, 0.05) is 12.0 Å². The summed E-state index contributed by atoms with van der Waals surface area (Å²) in [4.78, 5) is 11.7. The minimum Gasteiger partial charge on any atom is -0.490 e. The zero-order valence-electron chi connectivity index (χ0n) is 12.9. The van der Waals surface area contributed by atoms with E-state index < -0.39 is 5.60 Å². The molecule has 0 aliphatic heterocycles. The second-order valence-electron chi connectivity index (χ2n) is 6.26. The molecule has 1 aromatic rings. The maximum atomic E-state index is 11.7. The predicted octanol–water partition coefficient (Wildman–Crippen LogP) is 3.63. The van der Waals surface area contributed by atoms with Crippen molar-refractivity contribution >= 4 is 6.09 Å². The van der Waals surface area contributed by atoms with Gasteiger partial charge in [0.05, 0.1) is 0 Å². The monoisotopic (exact) mass is 289 g/mol. The van der Waals surface area contributed by atoms with Crippen LogP contribution in [0.1, 0.15) is 38.7 Å². The van der Waals surface area contributed by atoms with Gasteiger partial charge in [-0.3, -0.25) is 0 Å². The van der Waals surface area contributed by atoms with Crippen molar-refractivity contribution in [3.05, 3.63) is 42.5 Å². The lowest BCUT2D eigenvalue weighted by Crippen LogP contribution is -2.34. The molecule has 4 heteroatoms. The molecule has 0 heterocycles. The number of benzene rings is 1. The van der Waals surface area contributed by atoms with Crippen molar-refractivity contribution < 1.29 is 14.3 Å². The summed E-state index contributed by atoms with van der Waals surface area (Å²) in [5.74, 6) is 1.20. The fourth-order valence-electron chi connectivity index (χ4n) is 2.15. The first kappa shape index (κ1) is 15.4. The number of hydrogen-bond acceptors (Lipinski definition) is 3. The largest absolute Gasteiger partial charge is 0.490 e. The first-order valence-electron chi connectivity index (χ1n) is 7.22. The quantitative estimate of drug-likeness (QED) is 0.842. The fraction of sp³-hybridized carbons (Fsp3) is 0.471. The van der Waals surface area contributed by atoms with E-state index in [0.717, 1.165) is 12.2 Å². The van der Waals surface area contributed by atoms with Crippen LogP contribution < -0.4 is 10.1 Å². The van der Waals surface area contributed by atoms with Gasteiger partial charge in [-0.2, -0.15) is 0 Å². The minimum absolute atomic E-state index is 0.166. The summed E-state index contributed by atoms with van der Waals surface area (Å²) in [7, 11) is 0. The average Bonchev–Trinajstić information content (AvgIpc) is 3.13. The molecule has 0 aromatic heterocycles. The van der Waals surface area contributed by atoms with Gasteiger partial charge in [-0.1, -0.05) is 24.8 Å². The van der Waals surface area contributed by atoms with E-state index in [2.05, 4.69) is 11.9 Å². The first-order chi connectivity index (χ1) is 9.89. The highest BCUT2D eigenvalue weighted by Crippen LogP contribution is 2.41. The van der Waals surface area contributed by atoms with E-state index in [1.165, 1.54) is 5.56 Å². The number of nitrogens with one attached hydrogen (secondary N) is 1. The summed E-state index contributed by atoms with van der Waals surface area (Å²) >= 11 is 0. The molecular weight excluding hydrogens is 266 g/mol. The lowest BCUT2D eigenvalue weighted by atomic mass is 10.1. The molecule has 21 heavy (non-hydrogen) atoms. The molecule has 1 amide bonds. The third-order valence-electron chi connectivity index (χ3n) is 3.17. The van der Waals surface area contributed by atoms with Crippen LogP contribution >= 0.6 is 0 Å². The Hall–Kier alpha value is -1.97. The number of carbonyl (C=O) groups is 1. The van der Waals surface area contributed by atoms with Crippen LogP contribution in [-0.2, 0) is 4.74 Å². The van der Waals surface area contributed by atoms with Gasteiger partial charge in [0.15, 0.2) is 0 Å². The Kier molecular flexibility index (Phi) is 4.56. The highest BCUT2D eigenvalue weighted by atomic mass is 16.6. The Morgan fingerprint density at radius 2 is 2.05 bits per heavy atom. The van der Waals surface area contributed by atoms with Crippen LogP contribution in [0.4, 0.5) is 4.79 Å². The summed E-state index contributed by atoms with van der Waals surface area (Å²) in [5, 5.41) is 2.90. The van der Waals surface area contributed by atoms with Gasteiger partial charge in [-0.25, -0.2) is 4.79 Å². The van der Waals surface area contributed by atoms with Gasteiger partial charge in [-0.15, -0.1) is 0 Å². The molecule has 0 radical (unpaired) electrons. The van der Waals surface area contributed by atoms with Gasteiger partial charge in [0.2, 0.25) is 0 Å². The van der Waals surface area contributed by atoms with Gasteiger partial charge in [0.25, 0.3) is 0 Å². The number of amides is 1. The second kappa shape index (κ2) is 6.20. The van der Waals surface area contributed by atoms with Crippen LogP contribution in [-0.4, -0.2) is 24.3 Å². The van der Waals surface area contributed by atoms with Crippen molar-refractivity contribution in [3.8, 4) is 5.75 Å². The fourth-order valence-corrected chi connectivity index (χ4v) is 2.15. The van der Waals surface area contributed by atoms with Crippen LogP contribution in [0, 0.1) is 0 Å². The maximum absolute atomic E-state index is 11.7. The van der Waals surface area contributed by atoms with E-state index in [9.17, 15) is 4.79 Å². The maximum Gasteiger partial charge on any atom is 0.407 e. The molecule has 0 bridgehead atoms. The highest BCUT2D eigenvalue weighted by Gasteiger charge is 2.40. The number of carbonyl (C=O) groups excluding carboxylic acids is 1. The smallest absolute Gasteiger partial charge is 0.407 e. The van der Waals surface area contributed by atoms with Crippen LogP contribution in [0.25, 0.3) is 0 Å². The highest BCUT2D eigenvalue weighted by molar-refractivity contribution is 5.69. The molecule has 1 fully saturated rings. The van der Waals surface area contributed by atoms with Crippen molar-refractivity contribution in [2.24, 2.45) is 0 Å². The molecule has 1 saturated carbocycles. The standard InChI is InChI=1S/C17H23NO3/c1-5-10-20-13-8-6-12(7-9-13)14-11-15(14)18-16(19)21-17(2,3)4/h5-9,14-15H,1,10-11H2,2-4H3,(H,18,19)/t14?,15-/m0/s1. The van der Waals surface area contributed by atoms with Gasteiger partial charge in [0.1, 0.15) is 18.0 Å². The molecule has 1 N–H and O–H groups in total. The Morgan fingerprint density at radius 3 is 2.62 bits per heavy atom. The molecule has 2 rings (SSSR count). The van der Waals surface area contributed by atoms with Crippen molar-refractivity contribution in [2.45, 2.75) is 44.8 Å². The SMILES string of the molecule is C=CCOc1ccc(C2C[C@@H]2NC(=O)OC(C)(C)C)cc1. The van der Waals surface area contributed by atoms with Crippen molar-refractivity contribution in [2.75, 3.05) is 6.61 Å². The number of hydrogen-bond donors (Lipinski definition) is 1. The van der Waals surface area contributed by atoms with Gasteiger partial charge in [-0.05, 0) is 44.9 Å². The molecule has 4 nitrogen and oxygen atoms in total. The molecule has 2 atom stereocenters. The number of alkyl carbamates (subject to hydrolysis) is 1. The third kappa shape index (κ3) is 4.81. The molecule has 1 unspecified atom stereocenters.